The molecule has 0 spiro atoms. The van der Waals surface area contributed by atoms with E-state index in [0.717, 1.165) is 5.56 Å². The molecule has 24 heavy (non-hydrogen) atoms. The minimum atomic E-state index is -0.516. The molecule has 0 aromatic heterocycles. The fraction of sp³-hybridized carbons (Fsp3) is 0.111. The standard InChI is InChI=1S/C18H15ClFN3O/c19-15-4-6-17(7-5-15)23-18(24)14(11-21)12-22-9-8-13-2-1-3-16(20)10-13/h1-7,10,12,22H,8-9H2,(H,23,24)/b14-12-. The second kappa shape index (κ2) is 8.70. The zero-order valence-corrected chi connectivity index (χ0v) is 13.5. The summed E-state index contributed by atoms with van der Waals surface area (Å²) in [6, 6.07) is 14.7. The highest BCUT2D eigenvalue weighted by Crippen LogP contribution is 2.14. The molecule has 2 rings (SSSR count). The molecule has 2 N–H and O–H groups in total. The highest BCUT2D eigenvalue weighted by Gasteiger charge is 2.08. The molecule has 2 aromatic carbocycles. The first-order valence-corrected chi connectivity index (χ1v) is 7.61. The molecule has 0 saturated heterocycles. The normalized spacial score (nSPS) is 10.8. The van der Waals surface area contributed by atoms with Crippen LogP contribution in [0.25, 0.3) is 0 Å². The molecule has 0 unspecified atom stereocenters. The number of rotatable bonds is 6. The second-order valence-corrected chi connectivity index (χ2v) is 5.40. The van der Waals surface area contributed by atoms with Crippen LogP contribution in [0.2, 0.25) is 5.02 Å². The van der Waals surface area contributed by atoms with Crippen LogP contribution in [-0.4, -0.2) is 12.5 Å². The van der Waals surface area contributed by atoms with Gasteiger partial charge in [-0.25, -0.2) is 4.39 Å². The van der Waals surface area contributed by atoms with Crippen LogP contribution < -0.4 is 10.6 Å². The van der Waals surface area contributed by atoms with Gasteiger partial charge in [0, 0.05) is 23.5 Å². The summed E-state index contributed by atoms with van der Waals surface area (Å²) in [6.45, 7) is 0.475. The number of halogens is 2. The average molecular weight is 344 g/mol. The average Bonchev–Trinajstić information content (AvgIpc) is 2.57. The summed E-state index contributed by atoms with van der Waals surface area (Å²) >= 11 is 5.77. The van der Waals surface area contributed by atoms with Gasteiger partial charge in [-0.15, -0.1) is 0 Å². The molecular weight excluding hydrogens is 329 g/mol. The van der Waals surface area contributed by atoms with Gasteiger partial charge < -0.3 is 10.6 Å². The van der Waals surface area contributed by atoms with Crippen LogP contribution in [0, 0.1) is 17.1 Å². The van der Waals surface area contributed by atoms with E-state index in [-0.39, 0.29) is 11.4 Å². The molecule has 6 heteroatoms. The van der Waals surface area contributed by atoms with Gasteiger partial charge in [-0.2, -0.15) is 5.26 Å². The SMILES string of the molecule is N#C/C(=C/NCCc1cccc(F)c1)C(=O)Nc1ccc(Cl)cc1. The molecular formula is C18H15ClFN3O. The monoisotopic (exact) mass is 343 g/mol. The molecule has 0 fully saturated rings. The van der Waals surface area contributed by atoms with Crippen LogP contribution in [0.1, 0.15) is 5.56 Å². The number of amides is 1. The summed E-state index contributed by atoms with van der Waals surface area (Å²) < 4.78 is 13.1. The first-order chi connectivity index (χ1) is 11.6. The lowest BCUT2D eigenvalue weighted by atomic mass is 10.1. The Morgan fingerprint density at radius 2 is 2.00 bits per heavy atom. The largest absolute Gasteiger partial charge is 0.389 e. The van der Waals surface area contributed by atoms with Crippen LogP contribution >= 0.6 is 11.6 Å². The quantitative estimate of drug-likeness (QED) is 0.478. The number of hydrogen-bond acceptors (Lipinski definition) is 3. The van der Waals surface area contributed by atoms with Crippen molar-refractivity contribution in [3.8, 4) is 6.07 Å². The topological polar surface area (TPSA) is 64.9 Å². The van der Waals surface area contributed by atoms with Gasteiger partial charge in [-0.3, -0.25) is 4.79 Å². The Labute approximate surface area is 144 Å². The van der Waals surface area contributed by atoms with Crippen molar-refractivity contribution in [2.45, 2.75) is 6.42 Å². The lowest BCUT2D eigenvalue weighted by molar-refractivity contribution is -0.112. The van der Waals surface area contributed by atoms with Crippen molar-refractivity contribution in [2.75, 3.05) is 11.9 Å². The third-order valence-corrected chi connectivity index (χ3v) is 3.41. The number of benzene rings is 2. The van der Waals surface area contributed by atoms with E-state index in [1.165, 1.54) is 18.3 Å². The predicted octanol–water partition coefficient (Wildman–Crippen LogP) is 3.66. The number of nitrogens with one attached hydrogen (secondary N) is 2. The Kier molecular flexibility index (Phi) is 6.35. The number of nitrogens with zero attached hydrogens (tertiary/aromatic N) is 1. The maximum Gasteiger partial charge on any atom is 0.267 e. The molecule has 0 radical (unpaired) electrons. The summed E-state index contributed by atoms with van der Waals surface area (Å²) in [7, 11) is 0. The Balaban J connectivity index is 1.87. The minimum Gasteiger partial charge on any atom is -0.389 e. The van der Waals surface area contributed by atoms with Crippen LogP contribution in [0.4, 0.5) is 10.1 Å². The molecule has 4 nitrogen and oxygen atoms in total. The molecule has 0 atom stereocenters. The van der Waals surface area contributed by atoms with Crippen LogP contribution in [0.15, 0.2) is 60.3 Å². The molecule has 122 valence electrons. The highest BCUT2D eigenvalue weighted by molar-refractivity contribution is 6.30. The number of carbonyl (C=O) groups excluding carboxylic acids is 1. The maximum absolute atomic E-state index is 13.1. The molecule has 0 heterocycles. The lowest BCUT2D eigenvalue weighted by Gasteiger charge is -2.05. The summed E-state index contributed by atoms with van der Waals surface area (Å²) in [5.74, 6) is -0.804. The van der Waals surface area contributed by atoms with Gasteiger partial charge in [0.15, 0.2) is 0 Å². The summed E-state index contributed by atoms with van der Waals surface area (Å²) in [5, 5.41) is 15.1. The van der Waals surface area contributed by atoms with Crippen molar-refractivity contribution < 1.29 is 9.18 Å². The third kappa shape index (κ3) is 5.41. The Bertz CT molecular complexity index is 782. The van der Waals surface area contributed by atoms with Crippen molar-refractivity contribution in [3.05, 3.63) is 76.7 Å². The highest BCUT2D eigenvalue weighted by atomic mass is 35.5. The molecule has 0 aliphatic heterocycles. The molecule has 0 saturated carbocycles. The number of anilines is 1. The summed E-state index contributed by atoms with van der Waals surface area (Å²) in [6.07, 6.45) is 1.93. The van der Waals surface area contributed by atoms with E-state index in [0.29, 0.717) is 23.7 Å². The fourth-order valence-electron chi connectivity index (χ4n) is 1.96. The van der Waals surface area contributed by atoms with Gasteiger partial charge >= 0.3 is 0 Å². The van der Waals surface area contributed by atoms with Crippen LogP contribution in [-0.2, 0) is 11.2 Å². The number of carbonyl (C=O) groups is 1. The van der Waals surface area contributed by atoms with Crippen molar-refractivity contribution in [3.63, 3.8) is 0 Å². The molecule has 1 amide bonds. The lowest BCUT2D eigenvalue weighted by Crippen LogP contribution is -2.18. The van der Waals surface area contributed by atoms with Gasteiger partial charge in [0.2, 0.25) is 0 Å². The Morgan fingerprint density at radius 1 is 1.25 bits per heavy atom. The number of hydrogen-bond donors (Lipinski definition) is 2. The molecule has 0 aliphatic carbocycles. The van der Waals surface area contributed by atoms with Crippen molar-refractivity contribution >= 4 is 23.2 Å². The van der Waals surface area contributed by atoms with E-state index >= 15 is 0 Å². The summed E-state index contributed by atoms with van der Waals surface area (Å²) in [4.78, 5) is 12.0. The van der Waals surface area contributed by atoms with E-state index in [9.17, 15) is 9.18 Å². The zero-order valence-electron chi connectivity index (χ0n) is 12.7. The minimum absolute atomic E-state index is 0.0517. The van der Waals surface area contributed by atoms with Gasteiger partial charge in [0.1, 0.15) is 17.5 Å². The zero-order chi connectivity index (χ0) is 17.4. The second-order valence-electron chi connectivity index (χ2n) is 4.96. The smallest absolute Gasteiger partial charge is 0.267 e. The van der Waals surface area contributed by atoms with Gasteiger partial charge in [0.05, 0.1) is 0 Å². The van der Waals surface area contributed by atoms with E-state index in [2.05, 4.69) is 10.6 Å². The van der Waals surface area contributed by atoms with Crippen LogP contribution in [0.5, 0.6) is 0 Å². The first-order valence-electron chi connectivity index (χ1n) is 7.23. The van der Waals surface area contributed by atoms with Gasteiger partial charge in [-0.1, -0.05) is 23.7 Å². The Hall–Kier alpha value is -2.84. The fourth-order valence-corrected chi connectivity index (χ4v) is 2.09. The van der Waals surface area contributed by atoms with Crippen LogP contribution in [0.3, 0.4) is 0 Å². The molecule has 0 bridgehead atoms. The maximum atomic E-state index is 13.1. The first kappa shape index (κ1) is 17.5. The molecule has 0 aliphatic rings. The van der Waals surface area contributed by atoms with Gasteiger partial charge in [0.25, 0.3) is 5.91 Å². The number of nitriles is 1. The predicted molar refractivity (Wildman–Crippen MR) is 91.9 cm³/mol. The molecule has 2 aromatic rings. The van der Waals surface area contributed by atoms with Crippen molar-refractivity contribution in [2.24, 2.45) is 0 Å². The Morgan fingerprint density at radius 3 is 2.67 bits per heavy atom. The van der Waals surface area contributed by atoms with Crippen molar-refractivity contribution in [1.29, 1.82) is 5.26 Å². The van der Waals surface area contributed by atoms with E-state index < -0.39 is 5.91 Å². The van der Waals surface area contributed by atoms with Crippen molar-refractivity contribution in [1.82, 2.24) is 5.32 Å². The van der Waals surface area contributed by atoms with E-state index in [1.54, 1.807) is 30.3 Å². The van der Waals surface area contributed by atoms with E-state index in [4.69, 9.17) is 16.9 Å². The summed E-state index contributed by atoms with van der Waals surface area (Å²) in [5.41, 5.74) is 1.33. The third-order valence-electron chi connectivity index (χ3n) is 3.16. The van der Waals surface area contributed by atoms with E-state index in [1.807, 2.05) is 12.1 Å². The van der Waals surface area contributed by atoms with Gasteiger partial charge in [-0.05, 0) is 48.4 Å².